The van der Waals surface area contributed by atoms with Crippen LogP contribution in [0.3, 0.4) is 0 Å². The molecule has 0 saturated carbocycles. The van der Waals surface area contributed by atoms with Gasteiger partial charge < -0.3 is 16.0 Å². The number of carbonyl (C=O) groups excluding carboxylic acids is 2. The summed E-state index contributed by atoms with van der Waals surface area (Å²) >= 11 is 0. The van der Waals surface area contributed by atoms with Gasteiger partial charge in [0.1, 0.15) is 5.69 Å². The Hall–Kier alpha value is -1.95. The normalized spacial score (nSPS) is 19.9. The van der Waals surface area contributed by atoms with Gasteiger partial charge in [0, 0.05) is 24.8 Å². The van der Waals surface area contributed by atoms with E-state index < -0.39 is 0 Å². The first kappa shape index (κ1) is 15.4. The fourth-order valence-corrected chi connectivity index (χ4v) is 2.66. The van der Waals surface area contributed by atoms with Crippen LogP contribution in [0.2, 0.25) is 0 Å². The number of pyridine rings is 1. The van der Waals surface area contributed by atoms with E-state index in [1.165, 1.54) is 0 Å². The van der Waals surface area contributed by atoms with Crippen LogP contribution in [0.1, 0.15) is 36.7 Å². The minimum Gasteiger partial charge on any atom is -0.342 e. The van der Waals surface area contributed by atoms with Gasteiger partial charge in [-0.25, -0.2) is 0 Å². The number of aromatic nitrogens is 1. The van der Waals surface area contributed by atoms with Gasteiger partial charge in [-0.3, -0.25) is 14.6 Å². The highest BCUT2D eigenvalue weighted by atomic mass is 16.2. The molecule has 2 rings (SSSR count). The second kappa shape index (κ2) is 7.17. The van der Waals surface area contributed by atoms with Crippen molar-refractivity contribution in [3.05, 3.63) is 30.1 Å². The first-order valence-electron chi connectivity index (χ1n) is 7.34. The summed E-state index contributed by atoms with van der Waals surface area (Å²) < 4.78 is 0. The second-order valence-corrected chi connectivity index (χ2v) is 5.41. The summed E-state index contributed by atoms with van der Waals surface area (Å²) in [5.74, 6) is -0.417. The first-order chi connectivity index (χ1) is 10.1. The summed E-state index contributed by atoms with van der Waals surface area (Å²) in [5.41, 5.74) is 6.26. The van der Waals surface area contributed by atoms with E-state index in [1.807, 2.05) is 6.92 Å². The molecular formula is C15H22N4O2. The summed E-state index contributed by atoms with van der Waals surface area (Å²) in [6, 6.07) is 5.10. The average Bonchev–Trinajstić information content (AvgIpc) is 2.53. The monoisotopic (exact) mass is 290 g/mol. The Balaban J connectivity index is 1.90. The number of likely N-dealkylation sites (tertiary alicyclic amines) is 1. The highest BCUT2D eigenvalue weighted by Crippen LogP contribution is 2.18. The Morgan fingerprint density at radius 3 is 2.95 bits per heavy atom. The first-order valence-corrected chi connectivity index (χ1v) is 7.34. The summed E-state index contributed by atoms with van der Waals surface area (Å²) in [4.78, 5) is 29.9. The second-order valence-electron chi connectivity index (χ2n) is 5.41. The minimum atomic E-state index is -0.335. The van der Waals surface area contributed by atoms with E-state index in [2.05, 4.69) is 10.3 Å². The fourth-order valence-electron chi connectivity index (χ4n) is 2.66. The van der Waals surface area contributed by atoms with Crippen LogP contribution >= 0.6 is 0 Å². The lowest BCUT2D eigenvalue weighted by Gasteiger charge is -2.38. The van der Waals surface area contributed by atoms with Gasteiger partial charge in [0.05, 0.1) is 6.54 Å². The molecule has 0 aliphatic carbocycles. The molecule has 0 bridgehead atoms. The smallest absolute Gasteiger partial charge is 0.270 e. The predicted molar refractivity (Wildman–Crippen MR) is 79.6 cm³/mol. The van der Waals surface area contributed by atoms with Gasteiger partial charge in [-0.1, -0.05) is 6.07 Å². The molecule has 1 aromatic heterocycles. The van der Waals surface area contributed by atoms with Crippen molar-refractivity contribution in [2.75, 3.05) is 13.1 Å². The number of hydrogen-bond acceptors (Lipinski definition) is 4. The van der Waals surface area contributed by atoms with E-state index in [4.69, 9.17) is 5.73 Å². The van der Waals surface area contributed by atoms with E-state index in [0.717, 1.165) is 19.3 Å². The molecule has 21 heavy (non-hydrogen) atoms. The molecule has 1 fully saturated rings. The zero-order valence-electron chi connectivity index (χ0n) is 12.3. The Morgan fingerprint density at radius 1 is 1.48 bits per heavy atom. The molecule has 0 spiro atoms. The maximum Gasteiger partial charge on any atom is 0.270 e. The van der Waals surface area contributed by atoms with Crippen LogP contribution in [0.4, 0.5) is 0 Å². The number of amides is 2. The zero-order chi connectivity index (χ0) is 15.2. The number of nitrogens with zero attached hydrogens (tertiary/aromatic N) is 2. The zero-order valence-corrected chi connectivity index (χ0v) is 12.3. The largest absolute Gasteiger partial charge is 0.342 e. The molecule has 114 valence electrons. The number of piperidine rings is 1. The van der Waals surface area contributed by atoms with Gasteiger partial charge in [0.25, 0.3) is 5.91 Å². The van der Waals surface area contributed by atoms with E-state index in [1.54, 1.807) is 29.3 Å². The van der Waals surface area contributed by atoms with Crippen molar-refractivity contribution in [3.63, 3.8) is 0 Å². The van der Waals surface area contributed by atoms with Gasteiger partial charge in [0.15, 0.2) is 0 Å². The Labute approximate surface area is 124 Å². The molecule has 3 N–H and O–H groups in total. The van der Waals surface area contributed by atoms with Crippen molar-refractivity contribution in [2.45, 2.75) is 38.3 Å². The number of hydrogen-bond donors (Lipinski definition) is 2. The van der Waals surface area contributed by atoms with Crippen molar-refractivity contribution < 1.29 is 9.59 Å². The Kier molecular flexibility index (Phi) is 5.27. The van der Waals surface area contributed by atoms with Crippen molar-refractivity contribution in [1.82, 2.24) is 15.2 Å². The van der Waals surface area contributed by atoms with Gasteiger partial charge in [-0.05, 0) is 38.3 Å². The third-order valence-electron chi connectivity index (χ3n) is 3.77. The fraction of sp³-hybridized carbons (Fsp3) is 0.533. The van der Waals surface area contributed by atoms with Gasteiger partial charge >= 0.3 is 0 Å². The van der Waals surface area contributed by atoms with Gasteiger partial charge in [-0.2, -0.15) is 0 Å². The van der Waals surface area contributed by atoms with Crippen molar-refractivity contribution >= 4 is 11.8 Å². The molecule has 1 saturated heterocycles. The van der Waals surface area contributed by atoms with E-state index in [-0.39, 0.29) is 30.4 Å². The number of carbonyl (C=O) groups is 2. The predicted octanol–water partition coefficient (Wildman–Crippen LogP) is 0.540. The summed E-state index contributed by atoms with van der Waals surface area (Å²) in [6.45, 7) is 2.62. The standard InChI is InChI=1S/C15H22N4O2/c1-11(16)13-7-3-5-9-19(13)14(20)10-18-15(21)12-6-2-4-8-17-12/h2,4,6,8,11,13H,3,5,7,9-10,16H2,1H3,(H,18,21). The molecular weight excluding hydrogens is 268 g/mol. The van der Waals surface area contributed by atoms with Crippen molar-refractivity contribution in [1.29, 1.82) is 0 Å². The highest BCUT2D eigenvalue weighted by molar-refractivity contribution is 5.94. The molecule has 6 nitrogen and oxygen atoms in total. The number of nitrogens with one attached hydrogen (secondary N) is 1. The number of rotatable bonds is 4. The summed E-state index contributed by atoms with van der Waals surface area (Å²) in [5, 5.41) is 2.62. The van der Waals surface area contributed by atoms with Crippen LogP contribution in [-0.2, 0) is 4.79 Å². The van der Waals surface area contributed by atoms with Gasteiger partial charge in [-0.15, -0.1) is 0 Å². The number of nitrogens with two attached hydrogens (primary N) is 1. The average molecular weight is 290 g/mol. The molecule has 2 atom stereocenters. The van der Waals surface area contributed by atoms with Crippen LogP contribution in [0.25, 0.3) is 0 Å². The highest BCUT2D eigenvalue weighted by Gasteiger charge is 2.29. The van der Waals surface area contributed by atoms with E-state index >= 15 is 0 Å². The molecule has 1 aromatic rings. The lowest BCUT2D eigenvalue weighted by Crippen LogP contribution is -2.54. The minimum absolute atomic E-state index is 0.0153. The quantitative estimate of drug-likeness (QED) is 0.847. The molecule has 2 amide bonds. The summed E-state index contributed by atoms with van der Waals surface area (Å²) in [7, 11) is 0. The lowest BCUT2D eigenvalue weighted by molar-refractivity contribution is -0.134. The third kappa shape index (κ3) is 4.01. The van der Waals surface area contributed by atoms with E-state index in [9.17, 15) is 9.59 Å². The topological polar surface area (TPSA) is 88.3 Å². The molecule has 1 aliphatic rings. The molecule has 0 radical (unpaired) electrons. The SMILES string of the molecule is CC(N)C1CCCCN1C(=O)CNC(=O)c1ccccn1. The van der Waals surface area contributed by atoms with Crippen LogP contribution in [-0.4, -0.2) is 46.9 Å². The third-order valence-corrected chi connectivity index (χ3v) is 3.77. The molecule has 6 heteroatoms. The van der Waals surface area contributed by atoms with E-state index in [0.29, 0.717) is 12.2 Å². The molecule has 2 heterocycles. The van der Waals surface area contributed by atoms with Crippen molar-refractivity contribution in [3.8, 4) is 0 Å². The van der Waals surface area contributed by atoms with Crippen LogP contribution in [0.15, 0.2) is 24.4 Å². The molecule has 2 unspecified atom stereocenters. The van der Waals surface area contributed by atoms with Crippen LogP contribution < -0.4 is 11.1 Å². The molecule has 1 aliphatic heterocycles. The Morgan fingerprint density at radius 2 is 2.29 bits per heavy atom. The maximum atomic E-state index is 12.3. The Bertz CT molecular complexity index is 490. The van der Waals surface area contributed by atoms with Gasteiger partial charge in [0.2, 0.25) is 5.91 Å². The summed E-state index contributed by atoms with van der Waals surface area (Å²) in [6.07, 6.45) is 4.56. The lowest BCUT2D eigenvalue weighted by atomic mass is 9.97. The molecule has 0 aromatic carbocycles. The van der Waals surface area contributed by atoms with Crippen LogP contribution in [0, 0.1) is 0 Å². The van der Waals surface area contributed by atoms with Crippen LogP contribution in [0.5, 0.6) is 0 Å². The van der Waals surface area contributed by atoms with Crippen molar-refractivity contribution in [2.24, 2.45) is 5.73 Å². The maximum absolute atomic E-state index is 12.3.